The van der Waals surface area contributed by atoms with Crippen LogP contribution in [0.4, 0.5) is 10.1 Å². The van der Waals surface area contributed by atoms with Crippen LogP contribution in [-0.4, -0.2) is 67.6 Å². The van der Waals surface area contributed by atoms with Crippen LogP contribution in [0.25, 0.3) is 22.3 Å². The maximum Gasteiger partial charge on any atom is 0.227 e. The summed E-state index contributed by atoms with van der Waals surface area (Å²) in [7, 11) is 0. The Bertz CT molecular complexity index is 2010. The molecule has 0 saturated carbocycles. The number of amides is 1. The van der Waals surface area contributed by atoms with E-state index >= 15 is 0 Å². The summed E-state index contributed by atoms with van der Waals surface area (Å²) in [6.45, 7) is -0.524. The van der Waals surface area contributed by atoms with Gasteiger partial charge in [-0.2, -0.15) is 0 Å². The molecule has 9 nitrogen and oxygen atoms in total. The molecule has 2 aliphatic rings. The van der Waals surface area contributed by atoms with Crippen LogP contribution < -0.4 is 4.90 Å². The number of phenols is 1. The summed E-state index contributed by atoms with van der Waals surface area (Å²) in [5.74, 6) is -0.743. The van der Waals surface area contributed by atoms with E-state index in [0.29, 0.717) is 40.8 Å². The first-order valence-electron chi connectivity index (χ1n) is 17.8. The van der Waals surface area contributed by atoms with Gasteiger partial charge in [0.15, 0.2) is 0 Å². The van der Waals surface area contributed by atoms with Crippen molar-refractivity contribution in [1.29, 1.82) is 0 Å². The number of phenolic OH excluding ortho intramolecular Hbond substituents is 1. The first-order valence-corrected chi connectivity index (χ1v) is 17.8. The molecule has 0 aliphatic carbocycles. The van der Waals surface area contributed by atoms with E-state index in [-0.39, 0.29) is 29.8 Å². The van der Waals surface area contributed by atoms with Gasteiger partial charge < -0.3 is 40.3 Å². The smallest absolute Gasteiger partial charge is 0.227 e. The molecule has 1 unspecified atom stereocenters. The molecule has 53 heavy (non-hydrogen) atoms. The Morgan fingerprint density at radius 3 is 2.04 bits per heavy atom. The molecule has 0 radical (unpaired) electrons. The highest BCUT2D eigenvalue weighted by atomic mass is 19.1. The van der Waals surface area contributed by atoms with Crippen LogP contribution in [0.2, 0.25) is 0 Å². The Morgan fingerprint density at radius 2 is 1.38 bits per heavy atom. The van der Waals surface area contributed by atoms with E-state index in [1.54, 1.807) is 47.4 Å². The number of benzene rings is 5. The zero-order valence-electron chi connectivity index (χ0n) is 28.8. The van der Waals surface area contributed by atoms with Crippen molar-refractivity contribution in [3.8, 4) is 28.0 Å². The van der Waals surface area contributed by atoms with Crippen molar-refractivity contribution in [2.24, 2.45) is 5.92 Å². The van der Waals surface area contributed by atoms with Crippen molar-refractivity contribution >= 4 is 11.6 Å². The van der Waals surface area contributed by atoms with Crippen molar-refractivity contribution in [3.05, 3.63) is 144 Å². The molecule has 2 heterocycles. The molecular formula is C43H42FNO8. The number of anilines is 1. The van der Waals surface area contributed by atoms with Gasteiger partial charge in [-0.15, -0.1) is 0 Å². The molecule has 2 fully saturated rings. The summed E-state index contributed by atoms with van der Waals surface area (Å²) in [5.41, 5.74) is 5.86. The molecule has 274 valence electrons. The van der Waals surface area contributed by atoms with Gasteiger partial charge >= 0.3 is 0 Å². The lowest BCUT2D eigenvalue weighted by Gasteiger charge is -2.40. The van der Waals surface area contributed by atoms with Crippen molar-refractivity contribution in [3.63, 3.8) is 0 Å². The summed E-state index contributed by atoms with van der Waals surface area (Å²) >= 11 is 0. The SMILES string of the molecule is O=C1C[C@H](CC[C@H](O)c2ccc(F)cc2)[C@@H](c2ccc(-c3ccc(C4O[C@H](CO)[C@@H](O)[C@H](O)[C@H]4O)cc3)cc2O)N1c1ccc(-c2ccccc2)cc1. The predicted octanol–water partition coefficient (Wildman–Crippen LogP) is 5.99. The highest BCUT2D eigenvalue weighted by molar-refractivity contribution is 5.97. The Labute approximate surface area is 306 Å². The minimum absolute atomic E-state index is 0.00445. The lowest BCUT2D eigenvalue weighted by Crippen LogP contribution is -2.55. The molecule has 1 amide bonds. The molecule has 2 aliphatic heterocycles. The third-order valence-electron chi connectivity index (χ3n) is 10.6. The molecule has 5 aromatic rings. The third kappa shape index (κ3) is 7.48. The van der Waals surface area contributed by atoms with Crippen LogP contribution in [0, 0.1) is 11.7 Å². The molecule has 5 aromatic carbocycles. The van der Waals surface area contributed by atoms with Crippen LogP contribution >= 0.6 is 0 Å². The summed E-state index contributed by atoms with van der Waals surface area (Å²) in [6.07, 6.45) is -6.19. The molecule has 10 heteroatoms. The first-order chi connectivity index (χ1) is 25.6. The monoisotopic (exact) mass is 719 g/mol. The standard InChI is InChI=1S/C43H42FNO8/c44-32-16-10-28(11-17-32)35(47)21-15-31-23-38(49)45(33-18-12-26(13-19-33)25-4-2-1-3-5-25)39(31)34-20-14-30(22-36(34)48)27-6-8-29(9-7-27)43-42(52)41(51)40(50)37(24-46)53-43/h1-14,16-20,22,31,35,37,39-43,46-48,50-52H,15,21,23-24H2/t31-,35-,37+,39-,40+,41-,42+,43?/m0/s1. The second kappa shape index (κ2) is 15.6. The van der Waals surface area contributed by atoms with Gasteiger partial charge in [0.2, 0.25) is 5.91 Å². The number of halogens is 1. The minimum Gasteiger partial charge on any atom is -0.508 e. The van der Waals surface area contributed by atoms with E-state index in [9.17, 15) is 39.8 Å². The number of hydrogen-bond acceptors (Lipinski definition) is 8. The predicted molar refractivity (Wildman–Crippen MR) is 197 cm³/mol. The first kappa shape index (κ1) is 36.4. The van der Waals surface area contributed by atoms with Gasteiger partial charge in [-0.25, -0.2) is 4.39 Å². The van der Waals surface area contributed by atoms with Gasteiger partial charge in [0.05, 0.1) is 18.8 Å². The second-order valence-electron chi connectivity index (χ2n) is 13.9. The van der Waals surface area contributed by atoms with E-state index in [0.717, 1.165) is 16.7 Å². The van der Waals surface area contributed by atoms with Crippen LogP contribution in [-0.2, 0) is 9.53 Å². The summed E-state index contributed by atoms with van der Waals surface area (Å²) < 4.78 is 19.2. The lowest BCUT2D eigenvalue weighted by molar-refractivity contribution is -0.231. The molecule has 6 N–H and O–H groups in total. The average molecular weight is 720 g/mol. The number of carbonyl (C=O) groups excluding carboxylic acids is 1. The molecule has 8 atom stereocenters. The number of aliphatic hydroxyl groups is 5. The normalized spacial score (nSPS) is 25.1. The van der Waals surface area contributed by atoms with Gasteiger partial charge in [0.1, 0.15) is 42.1 Å². The molecule has 7 rings (SSSR count). The topological polar surface area (TPSA) is 151 Å². The quantitative estimate of drug-likeness (QED) is 0.103. The van der Waals surface area contributed by atoms with Crippen molar-refractivity contribution in [2.75, 3.05) is 11.5 Å². The van der Waals surface area contributed by atoms with Crippen molar-refractivity contribution in [2.45, 2.75) is 61.9 Å². The number of carbonyl (C=O) groups is 1. The molecule has 0 bridgehead atoms. The Morgan fingerprint density at radius 1 is 0.755 bits per heavy atom. The average Bonchev–Trinajstić information content (AvgIpc) is 3.52. The molecular weight excluding hydrogens is 677 g/mol. The zero-order chi connectivity index (χ0) is 37.2. The largest absolute Gasteiger partial charge is 0.508 e. The van der Waals surface area contributed by atoms with Crippen LogP contribution in [0.15, 0.2) is 121 Å². The van der Waals surface area contributed by atoms with Gasteiger partial charge in [0, 0.05) is 17.7 Å². The van der Waals surface area contributed by atoms with Gasteiger partial charge in [0.25, 0.3) is 0 Å². The van der Waals surface area contributed by atoms with E-state index < -0.39 is 49.3 Å². The number of ether oxygens (including phenoxy) is 1. The van der Waals surface area contributed by atoms with Gasteiger partial charge in [-0.1, -0.05) is 91.0 Å². The number of aromatic hydroxyl groups is 1. The number of nitrogens with zero attached hydrogens (tertiary/aromatic N) is 1. The zero-order valence-corrected chi connectivity index (χ0v) is 28.8. The van der Waals surface area contributed by atoms with E-state index in [4.69, 9.17) is 4.74 Å². The lowest BCUT2D eigenvalue weighted by atomic mass is 9.86. The highest BCUT2D eigenvalue weighted by Crippen LogP contribution is 2.47. The highest BCUT2D eigenvalue weighted by Gasteiger charge is 2.44. The molecule has 2 saturated heterocycles. The summed E-state index contributed by atoms with van der Waals surface area (Å²) in [4.78, 5) is 15.5. The second-order valence-corrected chi connectivity index (χ2v) is 13.9. The summed E-state index contributed by atoms with van der Waals surface area (Å²) in [6, 6.07) is 35.2. The van der Waals surface area contributed by atoms with Crippen LogP contribution in [0.5, 0.6) is 5.75 Å². The Balaban J connectivity index is 1.17. The van der Waals surface area contributed by atoms with Crippen molar-refractivity contribution in [1.82, 2.24) is 0 Å². The minimum atomic E-state index is -1.49. The maximum atomic E-state index is 13.8. The fourth-order valence-electron chi connectivity index (χ4n) is 7.64. The Kier molecular flexibility index (Phi) is 10.7. The number of rotatable bonds is 10. The number of aliphatic hydroxyl groups excluding tert-OH is 5. The third-order valence-corrected chi connectivity index (χ3v) is 10.6. The fourth-order valence-corrected chi connectivity index (χ4v) is 7.64. The van der Waals surface area contributed by atoms with Crippen LogP contribution in [0.3, 0.4) is 0 Å². The Hall–Kier alpha value is -4.94. The fraction of sp³-hybridized carbons (Fsp3) is 0.279. The van der Waals surface area contributed by atoms with E-state index in [2.05, 4.69) is 0 Å². The number of hydrogen-bond donors (Lipinski definition) is 6. The van der Waals surface area contributed by atoms with Gasteiger partial charge in [-0.3, -0.25) is 4.79 Å². The van der Waals surface area contributed by atoms with E-state index in [1.165, 1.54) is 12.1 Å². The summed E-state index contributed by atoms with van der Waals surface area (Å²) in [5, 5.41) is 63.1. The van der Waals surface area contributed by atoms with Crippen molar-refractivity contribution < 1.29 is 44.6 Å². The maximum absolute atomic E-state index is 13.8. The van der Waals surface area contributed by atoms with Gasteiger partial charge in [-0.05, 0) is 82.5 Å². The van der Waals surface area contributed by atoms with Crippen LogP contribution in [0.1, 0.15) is 54.2 Å². The molecule has 0 aromatic heterocycles. The van der Waals surface area contributed by atoms with E-state index in [1.807, 2.05) is 66.7 Å². The molecule has 0 spiro atoms.